The summed E-state index contributed by atoms with van der Waals surface area (Å²) in [6.07, 6.45) is 0. The largest absolute Gasteiger partial charge is 0.497 e. The Labute approximate surface area is 150 Å². The lowest BCUT2D eigenvalue weighted by atomic mass is 10.2. The molecule has 2 amide bonds. The molecule has 0 radical (unpaired) electrons. The highest BCUT2D eigenvalue weighted by molar-refractivity contribution is 8.00. The summed E-state index contributed by atoms with van der Waals surface area (Å²) >= 11 is 1.38. The molecule has 0 fully saturated rings. The van der Waals surface area contributed by atoms with Crippen LogP contribution in [-0.2, 0) is 9.59 Å². The summed E-state index contributed by atoms with van der Waals surface area (Å²) in [6, 6.07) is 12.5. The lowest BCUT2D eigenvalue weighted by Crippen LogP contribution is -2.14. The summed E-state index contributed by atoms with van der Waals surface area (Å²) < 4.78 is 10.4. The molecular formula is C18H20N2O4S. The van der Waals surface area contributed by atoms with Gasteiger partial charge in [0.05, 0.1) is 25.7 Å². The number of thioether (sulfide) groups is 1. The lowest BCUT2D eigenvalue weighted by Gasteiger charge is -2.12. The Bertz CT molecular complexity index is 764. The Hall–Kier alpha value is -2.67. The maximum absolute atomic E-state index is 12.2. The minimum absolute atomic E-state index is 0.134. The second kappa shape index (κ2) is 8.98. The molecule has 0 aromatic heterocycles. The third-order valence-corrected chi connectivity index (χ3v) is 4.20. The van der Waals surface area contributed by atoms with Gasteiger partial charge in [-0.05, 0) is 30.3 Å². The second-order valence-corrected chi connectivity index (χ2v) is 6.16. The fourth-order valence-electron chi connectivity index (χ4n) is 2.11. The van der Waals surface area contributed by atoms with Gasteiger partial charge in [0.25, 0.3) is 0 Å². The zero-order valence-electron chi connectivity index (χ0n) is 14.3. The number of hydrogen-bond donors (Lipinski definition) is 2. The highest BCUT2D eigenvalue weighted by Crippen LogP contribution is 2.29. The molecule has 0 aliphatic rings. The molecule has 132 valence electrons. The molecule has 2 aromatic rings. The van der Waals surface area contributed by atoms with E-state index in [9.17, 15) is 9.59 Å². The minimum atomic E-state index is -0.165. The first-order valence-corrected chi connectivity index (χ1v) is 8.52. The second-order valence-electron chi connectivity index (χ2n) is 5.11. The maximum Gasteiger partial charge on any atom is 0.234 e. The van der Waals surface area contributed by atoms with Crippen molar-refractivity contribution >= 4 is 35.0 Å². The molecule has 0 atom stereocenters. The number of rotatable bonds is 7. The van der Waals surface area contributed by atoms with E-state index in [1.165, 1.54) is 18.7 Å². The first-order chi connectivity index (χ1) is 12.0. The van der Waals surface area contributed by atoms with E-state index >= 15 is 0 Å². The number of nitrogens with one attached hydrogen (secondary N) is 2. The minimum Gasteiger partial charge on any atom is -0.497 e. The first kappa shape index (κ1) is 18.7. The van der Waals surface area contributed by atoms with Crippen molar-refractivity contribution in [1.29, 1.82) is 0 Å². The van der Waals surface area contributed by atoms with Crippen molar-refractivity contribution < 1.29 is 19.1 Å². The molecular weight excluding hydrogens is 340 g/mol. The molecule has 6 nitrogen and oxygen atoms in total. The maximum atomic E-state index is 12.2. The van der Waals surface area contributed by atoms with Crippen LogP contribution in [0.15, 0.2) is 47.4 Å². The van der Waals surface area contributed by atoms with Gasteiger partial charge >= 0.3 is 0 Å². The van der Waals surface area contributed by atoms with Crippen LogP contribution >= 0.6 is 11.8 Å². The number of ether oxygens (including phenoxy) is 2. The number of carbonyl (C=O) groups excluding carboxylic acids is 2. The van der Waals surface area contributed by atoms with Crippen LogP contribution in [0.3, 0.4) is 0 Å². The van der Waals surface area contributed by atoms with Crippen LogP contribution in [0.25, 0.3) is 0 Å². The van der Waals surface area contributed by atoms with Crippen molar-refractivity contribution in [3.05, 3.63) is 42.5 Å². The van der Waals surface area contributed by atoms with Crippen LogP contribution in [0.1, 0.15) is 6.92 Å². The summed E-state index contributed by atoms with van der Waals surface area (Å²) in [5, 5.41) is 5.54. The van der Waals surface area contributed by atoms with Crippen molar-refractivity contribution in [2.75, 3.05) is 30.6 Å². The fourth-order valence-corrected chi connectivity index (χ4v) is 2.87. The molecule has 0 saturated carbocycles. The summed E-state index contributed by atoms with van der Waals surface area (Å²) in [5.74, 6) is 1.12. The van der Waals surface area contributed by atoms with Gasteiger partial charge in [-0.2, -0.15) is 0 Å². The molecule has 2 rings (SSSR count). The Morgan fingerprint density at radius 3 is 2.52 bits per heavy atom. The molecule has 0 spiro atoms. The summed E-state index contributed by atoms with van der Waals surface area (Å²) in [6.45, 7) is 1.45. The van der Waals surface area contributed by atoms with E-state index < -0.39 is 0 Å². The number of hydrogen-bond acceptors (Lipinski definition) is 5. The summed E-state index contributed by atoms with van der Waals surface area (Å²) in [4.78, 5) is 24.2. The number of benzene rings is 2. The molecule has 0 heterocycles. The lowest BCUT2D eigenvalue weighted by molar-refractivity contribution is -0.114. The van der Waals surface area contributed by atoms with E-state index in [1.807, 2.05) is 18.2 Å². The molecule has 2 aromatic carbocycles. The zero-order chi connectivity index (χ0) is 18.2. The van der Waals surface area contributed by atoms with E-state index in [0.29, 0.717) is 22.9 Å². The first-order valence-electron chi connectivity index (χ1n) is 7.54. The van der Waals surface area contributed by atoms with Crippen molar-refractivity contribution in [1.82, 2.24) is 0 Å². The Morgan fingerprint density at radius 1 is 1.04 bits per heavy atom. The quantitative estimate of drug-likeness (QED) is 0.740. The van der Waals surface area contributed by atoms with E-state index in [2.05, 4.69) is 10.6 Å². The molecule has 0 saturated heterocycles. The summed E-state index contributed by atoms with van der Waals surface area (Å²) in [5.41, 5.74) is 1.26. The van der Waals surface area contributed by atoms with Gasteiger partial charge in [0.2, 0.25) is 11.8 Å². The van der Waals surface area contributed by atoms with Gasteiger partial charge < -0.3 is 20.1 Å². The van der Waals surface area contributed by atoms with E-state index in [4.69, 9.17) is 9.47 Å². The van der Waals surface area contributed by atoms with Crippen molar-refractivity contribution in [3.63, 3.8) is 0 Å². The number of amides is 2. The Morgan fingerprint density at radius 2 is 1.84 bits per heavy atom. The average Bonchev–Trinajstić information content (AvgIpc) is 2.59. The van der Waals surface area contributed by atoms with Gasteiger partial charge in [-0.25, -0.2) is 0 Å². The molecule has 0 unspecified atom stereocenters. The number of methoxy groups -OCH3 is 2. The number of carbonyl (C=O) groups is 2. The van der Waals surface area contributed by atoms with Crippen molar-refractivity contribution in [3.8, 4) is 11.5 Å². The molecule has 0 aliphatic heterocycles. The summed E-state index contributed by atoms with van der Waals surface area (Å²) in [7, 11) is 3.10. The highest BCUT2D eigenvalue weighted by atomic mass is 32.2. The monoisotopic (exact) mass is 360 g/mol. The van der Waals surface area contributed by atoms with Crippen LogP contribution in [0.5, 0.6) is 11.5 Å². The molecule has 0 bridgehead atoms. The Balaban J connectivity index is 1.98. The van der Waals surface area contributed by atoms with Crippen LogP contribution in [0, 0.1) is 0 Å². The van der Waals surface area contributed by atoms with E-state index in [1.54, 1.807) is 38.5 Å². The van der Waals surface area contributed by atoms with Gasteiger partial charge in [-0.15, -0.1) is 11.8 Å². The SMILES string of the molecule is COc1ccc(OC)c(NC(=O)CSc2cccc(NC(C)=O)c2)c1. The van der Waals surface area contributed by atoms with Crippen molar-refractivity contribution in [2.24, 2.45) is 0 Å². The average molecular weight is 360 g/mol. The van der Waals surface area contributed by atoms with Gasteiger partial charge in [0.15, 0.2) is 0 Å². The predicted molar refractivity (Wildman–Crippen MR) is 99.6 cm³/mol. The zero-order valence-corrected chi connectivity index (χ0v) is 15.1. The molecule has 2 N–H and O–H groups in total. The Kier molecular flexibility index (Phi) is 6.71. The third-order valence-electron chi connectivity index (χ3n) is 3.21. The van der Waals surface area contributed by atoms with Crippen molar-refractivity contribution in [2.45, 2.75) is 11.8 Å². The molecule has 25 heavy (non-hydrogen) atoms. The molecule has 0 aliphatic carbocycles. The van der Waals surface area contributed by atoms with Crippen LogP contribution < -0.4 is 20.1 Å². The van der Waals surface area contributed by atoms with E-state index in [0.717, 1.165) is 4.90 Å². The smallest absolute Gasteiger partial charge is 0.234 e. The van der Waals surface area contributed by atoms with Crippen LogP contribution in [0.4, 0.5) is 11.4 Å². The topological polar surface area (TPSA) is 76.7 Å². The number of anilines is 2. The standard InChI is InChI=1S/C18H20N2O4S/c1-12(21)19-13-5-4-6-15(9-13)25-11-18(22)20-16-10-14(23-2)7-8-17(16)24-3/h4-10H,11H2,1-3H3,(H,19,21)(H,20,22). The normalized spacial score (nSPS) is 10.0. The fraction of sp³-hybridized carbons (Fsp3) is 0.222. The molecule has 7 heteroatoms. The van der Waals surface area contributed by atoms with Gasteiger partial charge in [-0.1, -0.05) is 6.07 Å². The predicted octanol–water partition coefficient (Wildman–Crippen LogP) is 3.39. The highest BCUT2D eigenvalue weighted by Gasteiger charge is 2.10. The van der Waals surface area contributed by atoms with Crippen LogP contribution in [-0.4, -0.2) is 31.8 Å². The van der Waals surface area contributed by atoms with Gasteiger partial charge in [0.1, 0.15) is 11.5 Å². The third kappa shape index (κ3) is 5.72. The van der Waals surface area contributed by atoms with E-state index in [-0.39, 0.29) is 17.6 Å². The van der Waals surface area contributed by atoms with Gasteiger partial charge in [-0.3, -0.25) is 9.59 Å². The van der Waals surface area contributed by atoms with Crippen LogP contribution in [0.2, 0.25) is 0 Å². The van der Waals surface area contributed by atoms with Gasteiger partial charge in [0, 0.05) is 23.6 Å².